The standard InChI is InChI=1S/C8H5F3O2S/c9-8(10)5-6-1-3-7(4-2-6)14(11,12)13/h1-5H. The van der Waals surface area contributed by atoms with E-state index < -0.39 is 21.2 Å². The minimum atomic E-state index is -4.76. The van der Waals surface area contributed by atoms with Gasteiger partial charge in [-0.3, -0.25) is 0 Å². The molecule has 0 aromatic heterocycles. The van der Waals surface area contributed by atoms with Crippen LogP contribution in [-0.4, -0.2) is 8.42 Å². The Morgan fingerprint density at radius 3 is 2.00 bits per heavy atom. The molecule has 0 atom stereocenters. The van der Waals surface area contributed by atoms with E-state index in [1.165, 1.54) is 0 Å². The smallest absolute Gasteiger partial charge is 0.189 e. The molecule has 1 aromatic rings. The summed E-state index contributed by atoms with van der Waals surface area (Å²) in [5.74, 6) is 0. The Hall–Kier alpha value is -1.30. The second-order valence-electron chi connectivity index (χ2n) is 2.44. The summed E-state index contributed by atoms with van der Waals surface area (Å²) in [4.78, 5) is -0.547. The molecule has 0 radical (unpaired) electrons. The molecule has 0 N–H and O–H groups in total. The van der Waals surface area contributed by atoms with Gasteiger partial charge in [-0.25, -0.2) is 0 Å². The van der Waals surface area contributed by atoms with Crippen molar-refractivity contribution in [2.75, 3.05) is 0 Å². The zero-order valence-corrected chi connectivity index (χ0v) is 7.56. The molecule has 0 spiro atoms. The van der Waals surface area contributed by atoms with E-state index in [1.54, 1.807) is 0 Å². The SMILES string of the molecule is O=S(=O)(F)c1ccc(C=C(F)F)cc1. The maximum absolute atomic E-state index is 12.3. The minimum absolute atomic E-state index is 0.109. The summed E-state index contributed by atoms with van der Waals surface area (Å²) in [5, 5.41) is 0. The third-order valence-corrected chi connectivity index (χ3v) is 2.27. The van der Waals surface area contributed by atoms with Crippen LogP contribution in [0.2, 0.25) is 0 Å². The molecule has 0 saturated heterocycles. The van der Waals surface area contributed by atoms with Gasteiger partial charge in [-0.1, -0.05) is 12.1 Å². The molecular weight excluding hydrogens is 217 g/mol. The molecular formula is C8H5F3O2S. The minimum Gasteiger partial charge on any atom is -0.189 e. The van der Waals surface area contributed by atoms with E-state index in [9.17, 15) is 21.1 Å². The van der Waals surface area contributed by atoms with Crippen molar-refractivity contribution in [3.05, 3.63) is 35.9 Å². The highest BCUT2D eigenvalue weighted by atomic mass is 32.3. The molecule has 76 valence electrons. The van der Waals surface area contributed by atoms with Gasteiger partial charge in [-0.2, -0.15) is 17.2 Å². The molecule has 1 aromatic carbocycles. The Balaban J connectivity index is 3.08. The van der Waals surface area contributed by atoms with Crippen LogP contribution in [0.25, 0.3) is 6.08 Å². The molecule has 0 aliphatic carbocycles. The van der Waals surface area contributed by atoms with E-state index in [0.717, 1.165) is 24.3 Å². The van der Waals surface area contributed by atoms with Crippen molar-refractivity contribution in [2.24, 2.45) is 0 Å². The third-order valence-electron chi connectivity index (χ3n) is 1.44. The zero-order chi connectivity index (χ0) is 10.8. The number of hydrogen-bond acceptors (Lipinski definition) is 2. The van der Waals surface area contributed by atoms with E-state index in [1.807, 2.05) is 0 Å². The monoisotopic (exact) mass is 222 g/mol. The molecule has 2 nitrogen and oxygen atoms in total. The van der Waals surface area contributed by atoms with Crippen LogP contribution in [-0.2, 0) is 10.2 Å². The normalized spacial score (nSPS) is 11.1. The fourth-order valence-corrected chi connectivity index (χ4v) is 1.31. The van der Waals surface area contributed by atoms with Gasteiger partial charge in [0.15, 0.2) is 0 Å². The highest BCUT2D eigenvalue weighted by Crippen LogP contribution is 2.15. The van der Waals surface area contributed by atoms with Gasteiger partial charge in [0.25, 0.3) is 6.08 Å². The summed E-state index contributed by atoms with van der Waals surface area (Å²) < 4.78 is 56.4. The molecule has 1 rings (SSSR count). The van der Waals surface area contributed by atoms with E-state index in [4.69, 9.17) is 0 Å². The topological polar surface area (TPSA) is 34.1 Å². The second-order valence-corrected chi connectivity index (χ2v) is 3.79. The molecule has 0 unspecified atom stereocenters. The van der Waals surface area contributed by atoms with Crippen LogP contribution in [0.1, 0.15) is 5.56 Å². The zero-order valence-electron chi connectivity index (χ0n) is 6.75. The van der Waals surface area contributed by atoms with Gasteiger partial charge in [0.05, 0.1) is 4.90 Å². The fraction of sp³-hybridized carbons (Fsp3) is 0. The predicted octanol–water partition coefficient (Wildman–Crippen LogP) is 2.58. The molecule has 0 amide bonds. The van der Waals surface area contributed by atoms with Crippen molar-refractivity contribution < 1.29 is 21.1 Å². The van der Waals surface area contributed by atoms with Crippen LogP contribution < -0.4 is 0 Å². The van der Waals surface area contributed by atoms with Crippen molar-refractivity contribution in [3.8, 4) is 0 Å². The van der Waals surface area contributed by atoms with Crippen LogP contribution in [0.5, 0.6) is 0 Å². The average molecular weight is 222 g/mol. The van der Waals surface area contributed by atoms with Crippen LogP contribution in [0.15, 0.2) is 35.2 Å². The Labute approximate surface area is 78.9 Å². The van der Waals surface area contributed by atoms with Crippen LogP contribution in [0, 0.1) is 0 Å². The van der Waals surface area contributed by atoms with Gasteiger partial charge in [0, 0.05) is 6.08 Å². The van der Waals surface area contributed by atoms with Crippen molar-refractivity contribution in [1.82, 2.24) is 0 Å². The van der Waals surface area contributed by atoms with Gasteiger partial charge < -0.3 is 0 Å². The molecule has 0 heterocycles. The number of rotatable bonds is 2. The van der Waals surface area contributed by atoms with Gasteiger partial charge >= 0.3 is 10.2 Å². The highest BCUT2D eigenvalue weighted by molar-refractivity contribution is 7.86. The van der Waals surface area contributed by atoms with E-state index >= 15 is 0 Å². The first-order valence-electron chi connectivity index (χ1n) is 3.47. The Morgan fingerprint density at radius 2 is 1.64 bits per heavy atom. The maximum atomic E-state index is 12.3. The maximum Gasteiger partial charge on any atom is 0.332 e. The summed E-state index contributed by atoms with van der Waals surface area (Å²) in [7, 11) is -4.76. The van der Waals surface area contributed by atoms with Gasteiger partial charge in [0.1, 0.15) is 0 Å². The van der Waals surface area contributed by atoms with Crippen LogP contribution >= 0.6 is 0 Å². The van der Waals surface area contributed by atoms with Crippen LogP contribution in [0.4, 0.5) is 12.7 Å². The lowest BCUT2D eigenvalue weighted by atomic mass is 10.2. The van der Waals surface area contributed by atoms with Gasteiger partial charge in [0.2, 0.25) is 0 Å². The first kappa shape index (κ1) is 10.8. The molecule has 0 aliphatic heterocycles. The molecule has 0 bridgehead atoms. The van der Waals surface area contributed by atoms with Crippen molar-refractivity contribution >= 4 is 16.3 Å². The van der Waals surface area contributed by atoms with Crippen molar-refractivity contribution in [1.29, 1.82) is 0 Å². The first-order valence-corrected chi connectivity index (χ1v) is 4.85. The average Bonchev–Trinajstić information content (AvgIpc) is 2.02. The second kappa shape index (κ2) is 3.83. The van der Waals surface area contributed by atoms with E-state index in [-0.39, 0.29) is 5.56 Å². The predicted molar refractivity (Wildman–Crippen MR) is 44.9 cm³/mol. The molecule has 0 saturated carbocycles. The summed E-state index contributed by atoms with van der Waals surface area (Å²) in [6.45, 7) is 0. The van der Waals surface area contributed by atoms with Crippen LogP contribution in [0.3, 0.4) is 0 Å². The number of benzene rings is 1. The van der Waals surface area contributed by atoms with E-state index in [0.29, 0.717) is 6.08 Å². The molecule has 14 heavy (non-hydrogen) atoms. The summed E-state index contributed by atoms with van der Waals surface area (Å²) >= 11 is 0. The lowest BCUT2D eigenvalue weighted by Gasteiger charge is -1.95. The quantitative estimate of drug-likeness (QED) is 0.720. The largest absolute Gasteiger partial charge is 0.332 e. The van der Waals surface area contributed by atoms with Crippen molar-refractivity contribution in [2.45, 2.75) is 4.90 Å². The lowest BCUT2D eigenvalue weighted by molar-refractivity contribution is 0.429. The summed E-state index contributed by atoms with van der Waals surface area (Å²) in [5.41, 5.74) is 0.109. The number of halogens is 3. The molecule has 0 fully saturated rings. The Morgan fingerprint density at radius 1 is 1.14 bits per heavy atom. The lowest BCUT2D eigenvalue weighted by Crippen LogP contribution is -1.90. The van der Waals surface area contributed by atoms with E-state index in [2.05, 4.69) is 0 Å². The van der Waals surface area contributed by atoms with Crippen molar-refractivity contribution in [3.63, 3.8) is 0 Å². The fourth-order valence-electron chi connectivity index (χ4n) is 0.853. The Bertz CT molecular complexity index is 444. The third kappa shape index (κ3) is 2.88. The first-order chi connectivity index (χ1) is 6.39. The number of hydrogen-bond donors (Lipinski definition) is 0. The highest BCUT2D eigenvalue weighted by Gasteiger charge is 2.10. The van der Waals surface area contributed by atoms with Gasteiger partial charge in [-0.05, 0) is 17.7 Å². The molecule has 0 aliphatic rings. The molecule has 6 heteroatoms. The van der Waals surface area contributed by atoms with Gasteiger partial charge in [-0.15, -0.1) is 3.89 Å². The summed E-state index contributed by atoms with van der Waals surface area (Å²) in [6.07, 6.45) is -1.35. The summed E-state index contributed by atoms with van der Waals surface area (Å²) in [6, 6.07) is 4.02. The Kier molecular flexibility index (Phi) is 2.95.